The number of likely N-dealkylation sites (tertiary alicyclic amines) is 1. The van der Waals surface area contributed by atoms with Crippen molar-refractivity contribution in [1.82, 2.24) is 20.2 Å². The Morgan fingerprint density at radius 3 is 2.89 bits per heavy atom. The number of aromatic amines is 1. The third-order valence-corrected chi connectivity index (χ3v) is 5.05. The number of carbonyl (C=O) groups is 1. The molecule has 2 aromatic heterocycles. The second-order valence-electron chi connectivity index (χ2n) is 6.81. The van der Waals surface area contributed by atoms with Crippen molar-refractivity contribution >= 4 is 11.6 Å². The molecule has 7 nitrogen and oxygen atoms in total. The molecule has 28 heavy (non-hydrogen) atoms. The number of nitrogens with zero attached hydrogens (tertiary/aromatic N) is 3. The van der Waals surface area contributed by atoms with Crippen LogP contribution in [0.3, 0.4) is 0 Å². The van der Waals surface area contributed by atoms with Gasteiger partial charge in [0.2, 0.25) is 5.91 Å². The van der Waals surface area contributed by atoms with Gasteiger partial charge < -0.3 is 20.1 Å². The van der Waals surface area contributed by atoms with Crippen LogP contribution in [0.5, 0.6) is 0 Å². The van der Waals surface area contributed by atoms with E-state index in [2.05, 4.69) is 20.2 Å². The molecule has 1 saturated heterocycles. The maximum absolute atomic E-state index is 12.5. The number of hydrogen-bond acceptors (Lipinski definition) is 5. The first-order chi connectivity index (χ1) is 13.6. The molecule has 0 unspecified atom stereocenters. The van der Waals surface area contributed by atoms with Crippen molar-refractivity contribution in [3.8, 4) is 11.1 Å². The van der Waals surface area contributed by atoms with Gasteiger partial charge in [0.1, 0.15) is 5.69 Å². The van der Waals surface area contributed by atoms with E-state index in [1.165, 1.54) is 0 Å². The lowest BCUT2D eigenvalue weighted by atomic mass is 10.1. The molecule has 1 atom stereocenters. The first-order valence-corrected chi connectivity index (χ1v) is 9.63. The Morgan fingerprint density at radius 1 is 1.39 bits per heavy atom. The highest BCUT2D eigenvalue weighted by Gasteiger charge is 2.30. The van der Waals surface area contributed by atoms with Gasteiger partial charge in [0, 0.05) is 62.5 Å². The van der Waals surface area contributed by atoms with Crippen molar-refractivity contribution in [2.75, 3.05) is 38.1 Å². The summed E-state index contributed by atoms with van der Waals surface area (Å²) in [5, 5.41) is 2.99. The molecule has 0 aliphatic carbocycles. The SMILES string of the molecule is CCN(c1cc(-c2ccncc2)c[nH]c1=O)[C@@H]1CCN(C(=O)/C=C/CNC)C1. The number of nitrogens with one attached hydrogen (secondary N) is 2. The molecule has 0 radical (unpaired) electrons. The predicted molar refractivity (Wildman–Crippen MR) is 111 cm³/mol. The lowest BCUT2D eigenvalue weighted by molar-refractivity contribution is -0.125. The average Bonchev–Trinajstić information content (AvgIpc) is 3.21. The molecule has 148 valence electrons. The Labute approximate surface area is 165 Å². The van der Waals surface area contributed by atoms with Gasteiger partial charge in [-0.1, -0.05) is 6.08 Å². The highest BCUT2D eigenvalue weighted by Crippen LogP contribution is 2.25. The van der Waals surface area contributed by atoms with Gasteiger partial charge in [-0.15, -0.1) is 0 Å². The lowest BCUT2D eigenvalue weighted by Gasteiger charge is -2.29. The van der Waals surface area contributed by atoms with Crippen molar-refractivity contribution in [3.63, 3.8) is 0 Å². The second kappa shape index (κ2) is 9.32. The molecule has 1 aliphatic heterocycles. The third-order valence-electron chi connectivity index (χ3n) is 5.05. The van der Waals surface area contributed by atoms with Crippen LogP contribution in [0.1, 0.15) is 13.3 Å². The molecule has 0 bridgehead atoms. The molecule has 1 fully saturated rings. The van der Waals surface area contributed by atoms with Crippen LogP contribution in [0.4, 0.5) is 5.69 Å². The van der Waals surface area contributed by atoms with E-state index in [0.29, 0.717) is 31.9 Å². The maximum Gasteiger partial charge on any atom is 0.271 e. The van der Waals surface area contributed by atoms with Crippen molar-refractivity contribution in [2.24, 2.45) is 0 Å². The van der Waals surface area contributed by atoms with Gasteiger partial charge in [0.15, 0.2) is 0 Å². The van der Waals surface area contributed by atoms with Crippen LogP contribution < -0.4 is 15.8 Å². The molecule has 2 N–H and O–H groups in total. The fourth-order valence-corrected chi connectivity index (χ4v) is 3.60. The van der Waals surface area contributed by atoms with E-state index in [-0.39, 0.29) is 17.5 Å². The summed E-state index contributed by atoms with van der Waals surface area (Å²) in [5.74, 6) is 0.0215. The van der Waals surface area contributed by atoms with E-state index in [9.17, 15) is 9.59 Å². The summed E-state index contributed by atoms with van der Waals surface area (Å²) < 4.78 is 0. The monoisotopic (exact) mass is 381 g/mol. The van der Waals surface area contributed by atoms with Crippen LogP contribution in [0.15, 0.2) is 53.7 Å². The van der Waals surface area contributed by atoms with E-state index in [0.717, 1.165) is 17.5 Å². The summed E-state index contributed by atoms with van der Waals surface area (Å²) in [5.41, 5.74) is 2.47. The molecule has 1 aliphatic rings. The van der Waals surface area contributed by atoms with Crippen LogP contribution in [-0.4, -0.2) is 60.0 Å². The van der Waals surface area contributed by atoms with Crippen LogP contribution in [-0.2, 0) is 4.79 Å². The normalized spacial score (nSPS) is 16.6. The molecule has 3 heterocycles. The zero-order chi connectivity index (χ0) is 19.9. The molecular weight excluding hydrogens is 354 g/mol. The van der Waals surface area contributed by atoms with Gasteiger partial charge in [0.05, 0.1) is 0 Å². The van der Waals surface area contributed by atoms with Gasteiger partial charge in [0.25, 0.3) is 5.56 Å². The molecule has 1 amide bonds. The first kappa shape index (κ1) is 19.8. The number of rotatable bonds is 7. The summed E-state index contributed by atoms with van der Waals surface area (Å²) in [6, 6.07) is 5.89. The first-order valence-electron chi connectivity index (χ1n) is 9.63. The second-order valence-corrected chi connectivity index (χ2v) is 6.81. The molecule has 3 rings (SSSR count). The maximum atomic E-state index is 12.5. The predicted octanol–water partition coefficient (Wildman–Crippen LogP) is 1.64. The lowest BCUT2D eigenvalue weighted by Crippen LogP contribution is -2.41. The number of aromatic nitrogens is 2. The minimum atomic E-state index is -0.113. The fourth-order valence-electron chi connectivity index (χ4n) is 3.60. The molecule has 0 aromatic carbocycles. The van der Waals surface area contributed by atoms with Gasteiger partial charge >= 0.3 is 0 Å². The van der Waals surface area contributed by atoms with Gasteiger partial charge in [-0.25, -0.2) is 0 Å². The van der Waals surface area contributed by atoms with Crippen molar-refractivity contribution in [3.05, 3.63) is 59.3 Å². The Hall–Kier alpha value is -2.93. The molecule has 0 spiro atoms. The molecule has 2 aromatic rings. The van der Waals surface area contributed by atoms with E-state index in [4.69, 9.17) is 0 Å². The van der Waals surface area contributed by atoms with Crippen molar-refractivity contribution < 1.29 is 4.79 Å². The zero-order valence-corrected chi connectivity index (χ0v) is 16.4. The van der Waals surface area contributed by atoms with E-state index in [1.54, 1.807) is 24.7 Å². The Bertz CT molecular complexity index is 878. The highest BCUT2D eigenvalue weighted by molar-refractivity contribution is 5.88. The highest BCUT2D eigenvalue weighted by atomic mass is 16.2. The minimum absolute atomic E-state index is 0.0215. The number of amides is 1. The van der Waals surface area contributed by atoms with Crippen LogP contribution in [0, 0.1) is 0 Å². The Kier molecular flexibility index (Phi) is 6.60. The standard InChI is InChI=1S/C21H27N5O2/c1-3-26(18-8-12-25(15-18)20(27)5-4-9-22-2)19-13-17(14-24-21(19)28)16-6-10-23-11-7-16/h4-7,10-11,13-14,18,22H,3,8-9,12,15H2,1-2H3,(H,24,28)/b5-4+/t18-/m1/s1. The smallest absolute Gasteiger partial charge is 0.271 e. The molecular formula is C21H27N5O2. The number of likely N-dealkylation sites (N-methyl/N-ethyl adjacent to an activating group) is 2. The number of anilines is 1. The molecule has 7 heteroatoms. The third kappa shape index (κ3) is 4.48. The summed E-state index contributed by atoms with van der Waals surface area (Å²) in [6.07, 6.45) is 9.49. The molecule has 0 saturated carbocycles. The Morgan fingerprint density at radius 2 is 2.18 bits per heavy atom. The summed E-state index contributed by atoms with van der Waals surface area (Å²) in [4.78, 5) is 35.7. The van der Waals surface area contributed by atoms with E-state index in [1.807, 2.05) is 43.1 Å². The van der Waals surface area contributed by atoms with Gasteiger partial charge in [-0.3, -0.25) is 14.6 Å². The number of pyridine rings is 2. The number of hydrogen-bond donors (Lipinski definition) is 2. The van der Waals surface area contributed by atoms with E-state index < -0.39 is 0 Å². The topological polar surface area (TPSA) is 81.3 Å². The summed E-state index contributed by atoms with van der Waals surface area (Å²) in [7, 11) is 1.84. The van der Waals surface area contributed by atoms with Crippen LogP contribution in [0.2, 0.25) is 0 Å². The summed E-state index contributed by atoms with van der Waals surface area (Å²) >= 11 is 0. The van der Waals surface area contributed by atoms with Crippen LogP contribution in [0.25, 0.3) is 11.1 Å². The summed E-state index contributed by atoms with van der Waals surface area (Å²) in [6.45, 7) is 4.73. The number of carbonyl (C=O) groups excluding carboxylic acids is 1. The Balaban J connectivity index is 1.79. The van der Waals surface area contributed by atoms with Crippen molar-refractivity contribution in [1.29, 1.82) is 0 Å². The van der Waals surface area contributed by atoms with Crippen molar-refractivity contribution in [2.45, 2.75) is 19.4 Å². The minimum Gasteiger partial charge on any atom is -0.363 e. The largest absolute Gasteiger partial charge is 0.363 e. The quantitative estimate of drug-likeness (QED) is 0.713. The van der Waals surface area contributed by atoms with Gasteiger partial charge in [-0.05, 0) is 44.2 Å². The number of H-pyrrole nitrogens is 1. The van der Waals surface area contributed by atoms with Crippen LogP contribution >= 0.6 is 0 Å². The van der Waals surface area contributed by atoms with E-state index >= 15 is 0 Å². The average molecular weight is 381 g/mol. The fraction of sp³-hybridized carbons (Fsp3) is 0.381. The van der Waals surface area contributed by atoms with Gasteiger partial charge in [-0.2, -0.15) is 0 Å². The zero-order valence-electron chi connectivity index (χ0n) is 16.4.